The van der Waals surface area contributed by atoms with E-state index in [4.69, 9.17) is 0 Å². The van der Waals surface area contributed by atoms with Crippen LogP contribution in [0.25, 0.3) is 10.8 Å². The first-order chi connectivity index (χ1) is 9.27. The molecule has 1 N–H and O–H groups in total. The maximum atomic E-state index is 12.5. The van der Waals surface area contributed by atoms with Gasteiger partial charge in [-0.2, -0.15) is 0 Å². The molecule has 19 heavy (non-hydrogen) atoms. The predicted octanol–water partition coefficient (Wildman–Crippen LogP) is 3.78. The zero-order chi connectivity index (χ0) is 13.2. The zero-order valence-electron chi connectivity index (χ0n) is 10.2. The second-order valence-corrected chi connectivity index (χ2v) is 4.38. The summed E-state index contributed by atoms with van der Waals surface area (Å²) in [5.41, 5.74) is 1.15. The van der Waals surface area contributed by atoms with Crippen molar-refractivity contribution in [3.05, 3.63) is 77.9 Å². The van der Waals surface area contributed by atoms with Crippen molar-refractivity contribution >= 4 is 16.6 Å². The highest BCUT2D eigenvalue weighted by molar-refractivity contribution is 6.17. The van der Waals surface area contributed by atoms with Crippen LogP contribution >= 0.6 is 0 Å². The summed E-state index contributed by atoms with van der Waals surface area (Å²) in [6.07, 6.45) is 0. The molecule has 2 nitrogen and oxygen atoms in total. The van der Waals surface area contributed by atoms with Crippen LogP contribution in [-0.2, 0) is 0 Å². The van der Waals surface area contributed by atoms with E-state index >= 15 is 0 Å². The maximum Gasteiger partial charge on any atom is 0.193 e. The number of carbonyl (C=O) groups excluding carboxylic acids is 1. The fraction of sp³-hybridized carbons (Fsp3) is 0. The first-order valence-electron chi connectivity index (χ1n) is 6.08. The van der Waals surface area contributed by atoms with Crippen LogP contribution in [0.4, 0.5) is 0 Å². The number of phenolic OH excluding ortho intramolecular Hbond substituents is 1. The smallest absolute Gasteiger partial charge is 0.193 e. The van der Waals surface area contributed by atoms with Crippen LogP contribution in [0.2, 0.25) is 0 Å². The quantitative estimate of drug-likeness (QED) is 0.701. The van der Waals surface area contributed by atoms with Gasteiger partial charge in [-0.1, -0.05) is 60.7 Å². The Hall–Kier alpha value is -2.61. The van der Waals surface area contributed by atoms with E-state index in [2.05, 4.69) is 0 Å². The molecule has 3 aromatic carbocycles. The molecule has 3 rings (SSSR count). The molecular weight excluding hydrogens is 236 g/mol. The van der Waals surface area contributed by atoms with Gasteiger partial charge >= 0.3 is 0 Å². The Morgan fingerprint density at radius 2 is 1.47 bits per heavy atom. The average molecular weight is 248 g/mol. The average Bonchev–Trinajstić information content (AvgIpc) is 2.47. The SMILES string of the molecule is O=C(c1ccccc1)c1cccc2cccc(O)c12. The monoisotopic (exact) mass is 248 g/mol. The van der Waals surface area contributed by atoms with Gasteiger partial charge in [0.1, 0.15) is 5.75 Å². The highest BCUT2D eigenvalue weighted by Gasteiger charge is 2.14. The molecular formula is C17H12O2. The number of hydrogen-bond donors (Lipinski definition) is 1. The number of hydrogen-bond acceptors (Lipinski definition) is 2. The van der Waals surface area contributed by atoms with E-state index < -0.39 is 0 Å². The summed E-state index contributed by atoms with van der Waals surface area (Å²) in [6.45, 7) is 0. The number of rotatable bonds is 2. The van der Waals surface area contributed by atoms with E-state index in [0.29, 0.717) is 16.5 Å². The number of fused-ring (bicyclic) bond motifs is 1. The summed E-state index contributed by atoms with van der Waals surface area (Å²) in [5.74, 6) is 0.0603. The van der Waals surface area contributed by atoms with Crippen molar-refractivity contribution in [3.8, 4) is 5.75 Å². The van der Waals surface area contributed by atoms with Crippen LogP contribution < -0.4 is 0 Å². The lowest BCUT2D eigenvalue weighted by Gasteiger charge is -2.07. The van der Waals surface area contributed by atoms with E-state index in [9.17, 15) is 9.90 Å². The summed E-state index contributed by atoms with van der Waals surface area (Å²) < 4.78 is 0. The van der Waals surface area contributed by atoms with Gasteiger partial charge in [-0.25, -0.2) is 0 Å². The van der Waals surface area contributed by atoms with Gasteiger partial charge in [0.25, 0.3) is 0 Å². The van der Waals surface area contributed by atoms with E-state index in [1.807, 2.05) is 36.4 Å². The van der Waals surface area contributed by atoms with Gasteiger partial charge < -0.3 is 5.11 Å². The normalized spacial score (nSPS) is 10.5. The van der Waals surface area contributed by atoms with Crippen molar-refractivity contribution in [1.29, 1.82) is 0 Å². The summed E-state index contributed by atoms with van der Waals surface area (Å²) in [7, 11) is 0. The van der Waals surface area contributed by atoms with Gasteiger partial charge in [-0.05, 0) is 11.5 Å². The van der Waals surface area contributed by atoms with Crippen molar-refractivity contribution in [2.75, 3.05) is 0 Å². The van der Waals surface area contributed by atoms with Crippen LogP contribution in [-0.4, -0.2) is 10.9 Å². The largest absolute Gasteiger partial charge is 0.507 e. The molecule has 0 amide bonds. The molecule has 0 atom stereocenters. The molecule has 0 aliphatic heterocycles. The number of aromatic hydroxyl groups is 1. The molecule has 0 saturated heterocycles. The van der Waals surface area contributed by atoms with Gasteiger partial charge in [0, 0.05) is 16.5 Å². The highest BCUT2D eigenvalue weighted by atomic mass is 16.3. The lowest BCUT2D eigenvalue weighted by atomic mass is 9.97. The van der Waals surface area contributed by atoms with E-state index in [1.165, 1.54) is 0 Å². The molecule has 2 heteroatoms. The minimum Gasteiger partial charge on any atom is -0.507 e. The van der Waals surface area contributed by atoms with Crippen LogP contribution in [0.3, 0.4) is 0 Å². The van der Waals surface area contributed by atoms with Crippen LogP contribution in [0.15, 0.2) is 66.7 Å². The Morgan fingerprint density at radius 3 is 2.21 bits per heavy atom. The second-order valence-electron chi connectivity index (χ2n) is 4.38. The maximum absolute atomic E-state index is 12.5. The van der Waals surface area contributed by atoms with Gasteiger partial charge in [-0.3, -0.25) is 4.79 Å². The van der Waals surface area contributed by atoms with Gasteiger partial charge in [-0.15, -0.1) is 0 Å². The molecule has 0 bridgehead atoms. The van der Waals surface area contributed by atoms with Gasteiger partial charge in [0.2, 0.25) is 0 Å². The first-order valence-corrected chi connectivity index (χ1v) is 6.08. The number of carbonyl (C=O) groups is 1. The molecule has 0 spiro atoms. The second kappa shape index (κ2) is 4.58. The molecule has 0 unspecified atom stereocenters. The van der Waals surface area contributed by atoms with Crippen molar-refractivity contribution < 1.29 is 9.90 Å². The molecule has 0 aromatic heterocycles. The van der Waals surface area contributed by atoms with Gasteiger partial charge in [0.05, 0.1) is 0 Å². The van der Waals surface area contributed by atoms with Crippen molar-refractivity contribution in [2.24, 2.45) is 0 Å². The van der Waals surface area contributed by atoms with Crippen molar-refractivity contribution in [2.45, 2.75) is 0 Å². The van der Waals surface area contributed by atoms with Gasteiger partial charge in [0.15, 0.2) is 5.78 Å². The topological polar surface area (TPSA) is 37.3 Å². The van der Waals surface area contributed by atoms with Crippen molar-refractivity contribution in [1.82, 2.24) is 0 Å². The zero-order valence-corrected chi connectivity index (χ0v) is 10.2. The summed E-state index contributed by atoms with van der Waals surface area (Å²) >= 11 is 0. The molecule has 0 fully saturated rings. The summed E-state index contributed by atoms with van der Waals surface area (Å²) in [6, 6.07) is 19.8. The Labute approximate surface area is 110 Å². The van der Waals surface area contributed by atoms with Crippen molar-refractivity contribution in [3.63, 3.8) is 0 Å². The molecule has 0 radical (unpaired) electrons. The van der Waals surface area contributed by atoms with E-state index in [0.717, 1.165) is 5.39 Å². The Bertz CT molecular complexity index is 740. The molecule has 0 aliphatic rings. The minimum absolute atomic E-state index is 0.0762. The lowest BCUT2D eigenvalue weighted by Crippen LogP contribution is -2.01. The third-order valence-corrected chi connectivity index (χ3v) is 3.16. The lowest BCUT2D eigenvalue weighted by molar-refractivity contribution is 0.104. The highest BCUT2D eigenvalue weighted by Crippen LogP contribution is 2.29. The Balaban J connectivity index is 2.24. The summed E-state index contributed by atoms with van der Waals surface area (Å²) in [5, 5.41) is 11.5. The minimum atomic E-state index is -0.0762. The number of ketones is 1. The third-order valence-electron chi connectivity index (χ3n) is 3.16. The molecule has 0 aliphatic carbocycles. The van der Waals surface area contributed by atoms with Crippen LogP contribution in [0.1, 0.15) is 15.9 Å². The fourth-order valence-corrected chi connectivity index (χ4v) is 2.26. The first kappa shape index (κ1) is 11.5. The Kier molecular flexibility index (Phi) is 2.76. The molecule has 0 saturated carbocycles. The number of benzene rings is 3. The van der Waals surface area contributed by atoms with Crippen LogP contribution in [0.5, 0.6) is 5.75 Å². The van der Waals surface area contributed by atoms with Crippen LogP contribution in [0, 0.1) is 0 Å². The fourth-order valence-electron chi connectivity index (χ4n) is 2.26. The molecule has 3 aromatic rings. The molecule has 0 heterocycles. The summed E-state index contributed by atoms with van der Waals surface area (Å²) in [4.78, 5) is 12.5. The van der Waals surface area contributed by atoms with E-state index in [1.54, 1.807) is 30.3 Å². The third kappa shape index (κ3) is 1.97. The number of phenols is 1. The molecule has 92 valence electrons. The standard InChI is InChI=1S/C17H12O2/c18-15-11-5-9-12-8-4-10-14(16(12)15)17(19)13-6-2-1-3-7-13/h1-11,18H. The Morgan fingerprint density at radius 1 is 0.789 bits per heavy atom. The van der Waals surface area contributed by atoms with E-state index in [-0.39, 0.29) is 11.5 Å². The predicted molar refractivity (Wildman–Crippen MR) is 75.5 cm³/mol.